The van der Waals surface area contributed by atoms with Crippen LogP contribution in [-0.4, -0.2) is 54.1 Å². The molecule has 3 fully saturated rings. The van der Waals surface area contributed by atoms with E-state index in [0.717, 1.165) is 57.4 Å². The van der Waals surface area contributed by atoms with Gasteiger partial charge in [-0.25, -0.2) is 9.18 Å². The van der Waals surface area contributed by atoms with E-state index in [9.17, 15) is 9.18 Å². The molecule has 0 aromatic heterocycles. The van der Waals surface area contributed by atoms with Crippen molar-refractivity contribution >= 4 is 17.6 Å². The topological polar surface area (TPSA) is 35.6 Å². The van der Waals surface area contributed by atoms with Crippen molar-refractivity contribution in [3.05, 3.63) is 34.6 Å². The third kappa shape index (κ3) is 5.43. The molecule has 4 rings (SSSR count). The van der Waals surface area contributed by atoms with Crippen molar-refractivity contribution < 1.29 is 9.18 Å². The molecule has 2 heterocycles. The predicted molar refractivity (Wildman–Crippen MR) is 115 cm³/mol. The average Bonchev–Trinajstić information content (AvgIpc) is 2.73. The highest BCUT2D eigenvalue weighted by Gasteiger charge is 2.32. The number of nitrogens with zero attached hydrogens (tertiary/aromatic N) is 2. The van der Waals surface area contributed by atoms with Gasteiger partial charge in [0, 0.05) is 30.2 Å². The standard InChI is InChI=1S/C23H33ClFN3O/c24-22-7-6-19(25)15-18(22)14-17-8-11-27(12-9-17)16-20-10-13-28(23(29)26-20)21-4-2-1-3-5-21/h6-7,15,17,20-21H,1-5,8-14,16H2,(H,26,29). The van der Waals surface area contributed by atoms with Crippen LogP contribution in [0.2, 0.25) is 5.02 Å². The van der Waals surface area contributed by atoms with Crippen molar-refractivity contribution in [3.8, 4) is 0 Å². The van der Waals surface area contributed by atoms with Crippen LogP contribution >= 0.6 is 11.6 Å². The van der Waals surface area contributed by atoms with Crippen LogP contribution in [-0.2, 0) is 6.42 Å². The number of piperidine rings is 1. The third-order valence-electron chi connectivity index (χ3n) is 7.02. The number of hydrogen-bond acceptors (Lipinski definition) is 2. The number of benzene rings is 1. The maximum atomic E-state index is 13.5. The Kier molecular flexibility index (Phi) is 6.96. The zero-order chi connectivity index (χ0) is 20.2. The summed E-state index contributed by atoms with van der Waals surface area (Å²) in [7, 11) is 0. The van der Waals surface area contributed by atoms with Crippen molar-refractivity contribution in [2.45, 2.75) is 69.9 Å². The minimum Gasteiger partial charge on any atom is -0.334 e. The summed E-state index contributed by atoms with van der Waals surface area (Å²) >= 11 is 6.23. The molecule has 6 heteroatoms. The number of likely N-dealkylation sites (tertiary alicyclic amines) is 1. The van der Waals surface area contributed by atoms with Gasteiger partial charge in [0.15, 0.2) is 0 Å². The highest BCUT2D eigenvalue weighted by Crippen LogP contribution is 2.27. The maximum absolute atomic E-state index is 13.5. The van der Waals surface area contributed by atoms with Crippen LogP contribution in [0.25, 0.3) is 0 Å². The van der Waals surface area contributed by atoms with Crippen LogP contribution in [0.15, 0.2) is 18.2 Å². The summed E-state index contributed by atoms with van der Waals surface area (Å²) in [6.07, 6.45) is 10.3. The Morgan fingerprint density at radius 3 is 2.52 bits per heavy atom. The van der Waals surface area contributed by atoms with Crippen LogP contribution in [0.4, 0.5) is 9.18 Å². The molecule has 0 bridgehead atoms. The lowest BCUT2D eigenvalue weighted by atomic mass is 9.89. The van der Waals surface area contributed by atoms with Crippen molar-refractivity contribution in [3.63, 3.8) is 0 Å². The first-order valence-electron chi connectivity index (χ1n) is 11.3. The molecule has 2 aliphatic heterocycles. The normalized spacial score (nSPS) is 25.2. The fourth-order valence-electron chi connectivity index (χ4n) is 5.30. The second-order valence-corrected chi connectivity index (χ2v) is 9.51. The molecule has 1 unspecified atom stereocenters. The van der Waals surface area contributed by atoms with Crippen LogP contribution < -0.4 is 5.32 Å². The second kappa shape index (κ2) is 9.65. The molecule has 2 saturated heterocycles. The van der Waals surface area contributed by atoms with E-state index < -0.39 is 0 Å². The largest absolute Gasteiger partial charge is 0.334 e. The van der Waals surface area contributed by atoms with Gasteiger partial charge in [-0.15, -0.1) is 0 Å². The summed E-state index contributed by atoms with van der Waals surface area (Å²) in [4.78, 5) is 17.2. The number of carbonyl (C=O) groups is 1. The molecule has 4 nitrogen and oxygen atoms in total. The van der Waals surface area contributed by atoms with E-state index >= 15 is 0 Å². The zero-order valence-corrected chi connectivity index (χ0v) is 18.0. The molecule has 1 atom stereocenters. The number of rotatable bonds is 5. The molecule has 2 amide bonds. The lowest BCUT2D eigenvalue weighted by Gasteiger charge is -2.41. The molecule has 1 N–H and O–H groups in total. The van der Waals surface area contributed by atoms with Gasteiger partial charge in [-0.05, 0) is 81.3 Å². The van der Waals surface area contributed by atoms with Gasteiger partial charge in [0.2, 0.25) is 0 Å². The smallest absolute Gasteiger partial charge is 0.317 e. The van der Waals surface area contributed by atoms with Gasteiger partial charge < -0.3 is 15.1 Å². The number of halogens is 2. The monoisotopic (exact) mass is 421 g/mol. The lowest BCUT2D eigenvalue weighted by molar-refractivity contribution is 0.113. The van der Waals surface area contributed by atoms with Crippen molar-refractivity contribution in [2.24, 2.45) is 5.92 Å². The van der Waals surface area contributed by atoms with Crippen LogP contribution in [0.1, 0.15) is 56.9 Å². The van der Waals surface area contributed by atoms with Gasteiger partial charge in [-0.1, -0.05) is 30.9 Å². The van der Waals surface area contributed by atoms with E-state index in [4.69, 9.17) is 11.6 Å². The highest BCUT2D eigenvalue weighted by molar-refractivity contribution is 6.31. The molecule has 1 aromatic rings. The van der Waals surface area contributed by atoms with E-state index in [0.29, 0.717) is 17.0 Å². The second-order valence-electron chi connectivity index (χ2n) is 9.10. The zero-order valence-electron chi connectivity index (χ0n) is 17.2. The van der Waals surface area contributed by atoms with Crippen LogP contribution in [0.5, 0.6) is 0 Å². The number of urea groups is 1. The first-order chi connectivity index (χ1) is 14.1. The molecular formula is C23H33ClFN3O. The summed E-state index contributed by atoms with van der Waals surface area (Å²) in [5, 5.41) is 3.93. The first-order valence-corrected chi connectivity index (χ1v) is 11.7. The molecule has 1 saturated carbocycles. The van der Waals surface area contributed by atoms with Gasteiger partial charge >= 0.3 is 6.03 Å². The maximum Gasteiger partial charge on any atom is 0.317 e. The highest BCUT2D eigenvalue weighted by atomic mass is 35.5. The predicted octanol–water partition coefficient (Wildman–Crippen LogP) is 4.85. The van der Waals surface area contributed by atoms with E-state index in [1.54, 1.807) is 12.1 Å². The Morgan fingerprint density at radius 2 is 1.79 bits per heavy atom. The fourth-order valence-corrected chi connectivity index (χ4v) is 5.49. The van der Waals surface area contributed by atoms with Gasteiger partial charge in [0.25, 0.3) is 0 Å². The first kappa shape index (κ1) is 20.9. The lowest BCUT2D eigenvalue weighted by Crippen LogP contribution is -2.58. The Bertz CT molecular complexity index is 701. The van der Waals surface area contributed by atoms with E-state index in [1.807, 2.05) is 0 Å². The summed E-state index contributed by atoms with van der Waals surface area (Å²) in [5.41, 5.74) is 0.924. The van der Waals surface area contributed by atoms with E-state index in [1.165, 1.54) is 38.2 Å². The molecular weight excluding hydrogens is 389 g/mol. The summed E-state index contributed by atoms with van der Waals surface area (Å²) in [6.45, 7) is 3.92. The van der Waals surface area contributed by atoms with Gasteiger partial charge in [-0.2, -0.15) is 0 Å². The number of carbonyl (C=O) groups excluding carboxylic acids is 1. The molecule has 0 radical (unpaired) electrons. The van der Waals surface area contributed by atoms with Gasteiger partial charge in [0.1, 0.15) is 5.82 Å². The number of hydrogen-bond donors (Lipinski definition) is 1. The Hall–Kier alpha value is -1.33. The third-order valence-corrected chi connectivity index (χ3v) is 7.39. The van der Waals surface area contributed by atoms with Crippen LogP contribution in [0.3, 0.4) is 0 Å². The molecule has 160 valence electrons. The summed E-state index contributed by atoms with van der Waals surface area (Å²) < 4.78 is 13.5. The van der Waals surface area contributed by atoms with Crippen LogP contribution in [0, 0.1) is 11.7 Å². The fraction of sp³-hybridized carbons (Fsp3) is 0.696. The SMILES string of the molecule is O=C1NC(CN2CCC(Cc3cc(F)ccc3Cl)CC2)CCN1C1CCCCC1. The number of amides is 2. The minimum absolute atomic E-state index is 0.142. The molecule has 29 heavy (non-hydrogen) atoms. The number of nitrogens with one attached hydrogen (secondary N) is 1. The van der Waals surface area contributed by atoms with Crippen molar-refractivity contribution in [1.29, 1.82) is 0 Å². The van der Waals surface area contributed by atoms with Crippen molar-refractivity contribution in [2.75, 3.05) is 26.2 Å². The molecule has 0 spiro atoms. The Labute approximate surface area is 178 Å². The summed E-state index contributed by atoms with van der Waals surface area (Å²) in [6, 6.07) is 5.51. The Balaban J connectivity index is 1.21. The molecule has 1 aromatic carbocycles. The minimum atomic E-state index is -0.211. The van der Waals surface area contributed by atoms with E-state index in [-0.39, 0.29) is 17.9 Å². The van der Waals surface area contributed by atoms with Gasteiger partial charge in [-0.3, -0.25) is 0 Å². The summed E-state index contributed by atoms with van der Waals surface area (Å²) in [5.74, 6) is 0.338. The average molecular weight is 422 g/mol. The van der Waals surface area contributed by atoms with Crippen molar-refractivity contribution in [1.82, 2.24) is 15.1 Å². The van der Waals surface area contributed by atoms with Gasteiger partial charge in [0.05, 0.1) is 0 Å². The quantitative estimate of drug-likeness (QED) is 0.737. The molecule has 3 aliphatic rings. The van der Waals surface area contributed by atoms with E-state index in [2.05, 4.69) is 15.1 Å². The molecule has 1 aliphatic carbocycles. The Morgan fingerprint density at radius 1 is 1.03 bits per heavy atom.